The Kier molecular flexibility index (Phi) is 3.76. The second-order valence-electron chi connectivity index (χ2n) is 4.38. The number of nitrogens with two attached hydrogens (primary N) is 1. The molecule has 0 unspecified atom stereocenters. The van der Waals surface area contributed by atoms with Crippen LogP contribution < -0.4 is 10.5 Å². The first-order chi connectivity index (χ1) is 8.99. The number of ether oxygens (including phenoxy) is 1. The molecular formula is C15H15ClN2O. The molecule has 0 amide bonds. The molecule has 0 saturated heterocycles. The first-order valence-electron chi connectivity index (χ1n) is 5.87. The van der Waals surface area contributed by atoms with Crippen molar-refractivity contribution < 1.29 is 4.74 Å². The second kappa shape index (κ2) is 5.33. The molecule has 2 aromatic carbocycles. The van der Waals surface area contributed by atoms with E-state index in [9.17, 15) is 0 Å². The highest BCUT2D eigenvalue weighted by Crippen LogP contribution is 2.30. The molecule has 2 aromatic rings. The summed E-state index contributed by atoms with van der Waals surface area (Å²) in [5.74, 6) is 1.24. The summed E-state index contributed by atoms with van der Waals surface area (Å²) in [5.41, 5.74) is 8.02. The van der Waals surface area contributed by atoms with Crippen molar-refractivity contribution in [2.24, 2.45) is 5.73 Å². The van der Waals surface area contributed by atoms with Crippen LogP contribution in [0.4, 0.5) is 0 Å². The minimum Gasteiger partial charge on any atom is -0.457 e. The number of hydrogen-bond donors (Lipinski definition) is 2. The molecule has 0 heterocycles. The van der Waals surface area contributed by atoms with Crippen molar-refractivity contribution in [2.45, 2.75) is 13.8 Å². The maximum absolute atomic E-state index is 7.54. The maximum atomic E-state index is 7.54. The molecule has 98 valence electrons. The normalized spacial score (nSPS) is 10.3. The van der Waals surface area contributed by atoms with Crippen LogP contribution in [0.15, 0.2) is 36.4 Å². The Morgan fingerprint density at radius 3 is 2.32 bits per heavy atom. The molecule has 4 heteroatoms. The van der Waals surface area contributed by atoms with Crippen molar-refractivity contribution in [3.63, 3.8) is 0 Å². The van der Waals surface area contributed by atoms with Gasteiger partial charge in [0, 0.05) is 5.02 Å². The van der Waals surface area contributed by atoms with Crippen molar-refractivity contribution in [3.8, 4) is 11.5 Å². The van der Waals surface area contributed by atoms with Crippen molar-refractivity contribution in [1.29, 1.82) is 5.41 Å². The van der Waals surface area contributed by atoms with E-state index in [1.807, 2.05) is 38.1 Å². The lowest BCUT2D eigenvalue weighted by molar-refractivity contribution is 0.480. The molecule has 0 bridgehead atoms. The van der Waals surface area contributed by atoms with Gasteiger partial charge in [-0.15, -0.1) is 0 Å². The van der Waals surface area contributed by atoms with Crippen LogP contribution in [0.2, 0.25) is 5.02 Å². The van der Waals surface area contributed by atoms with Gasteiger partial charge in [0.25, 0.3) is 0 Å². The van der Waals surface area contributed by atoms with Crippen molar-refractivity contribution in [1.82, 2.24) is 0 Å². The summed E-state index contributed by atoms with van der Waals surface area (Å²) in [4.78, 5) is 0. The van der Waals surface area contributed by atoms with Gasteiger partial charge in [0.2, 0.25) is 0 Å². The third kappa shape index (κ3) is 2.88. The van der Waals surface area contributed by atoms with Crippen LogP contribution in [0, 0.1) is 19.3 Å². The zero-order valence-electron chi connectivity index (χ0n) is 10.8. The summed E-state index contributed by atoms with van der Waals surface area (Å²) in [7, 11) is 0. The van der Waals surface area contributed by atoms with Crippen LogP contribution in [0.25, 0.3) is 0 Å². The molecule has 0 atom stereocenters. The van der Waals surface area contributed by atoms with Gasteiger partial charge in [-0.25, -0.2) is 0 Å². The molecule has 2 rings (SSSR count). The first-order valence-corrected chi connectivity index (χ1v) is 6.25. The zero-order valence-corrected chi connectivity index (χ0v) is 11.6. The van der Waals surface area contributed by atoms with E-state index >= 15 is 0 Å². The molecule has 3 nitrogen and oxygen atoms in total. The number of amidine groups is 1. The molecule has 0 spiro atoms. The highest BCUT2D eigenvalue weighted by molar-refractivity contribution is 6.32. The number of halogens is 1. The molecule has 0 aliphatic rings. The largest absolute Gasteiger partial charge is 0.457 e. The summed E-state index contributed by atoms with van der Waals surface area (Å²) in [5, 5.41) is 8.28. The fourth-order valence-corrected chi connectivity index (χ4v) is 1.98. The van der Waals surface area contributed by atoms with Crippen molar-refractivity contribution in [2.75, 3.05) is 0 Å². The van der Waals surface area contributed by atoms with Gasteiger partial charge < -0.3 is 10.5 Å². The van der Waals surface area contributed by atoms with Crippen LogP contribution in [0.1, 0.15) is 16.7 Å². The summed E-state index contributed by atoms with van der Waals surface area (Å²) in [6.45, 7) is 3.86. The highest BCUT2D eigenvalue weighted by Gasteiger charge is 2.09. The van der Waals surface area contributed by atoms with E-state index in [0.29, 0.717) is 17.1 Å². The van der Waals surface area contributed by atoms with E-state index in [4.69, 9.17) is 27.5 Å². The van der Waals surface area contributed by atoms with E-state index in [1.165, 1.54) is 0 Å². The number of benzene rings is 2. The van der Waals surface area contributed by atoms with Gasteiger partial charge in [-0.3, -0.25) is 5.41 Å². The predicted molar refractivity (Wildman–Crippen MR) is 78.5 cm³/mol. The van der Waals surface area contributed by atoms with Gasteiger partial charge >= 0.3 is 0 Å². The fraction of sp³-hybridized carbons (Fsp3) is 0.133. The topological polar surface area (TPSA) is 59.1 Å². The Balaban J connectivity index is 2.39. The van der Waals surface area contributed by atoms with E-state index in [1.54, 1.807) is 12.1 Å². The molecule has 0 fully saturated rings. The summed E-state index contributed by atoms with van der Waals surface area (Å²) >= 11 is 6.12. The van der Waals surface area contributed by atoms with Crippen molar-refractivity contribution in [3.05, 3.63) is 58.1 Å². The highest BCUT2D eigenvalue weighted by atomic mass is 35.5. The van der Waals surface area contributed by atoms with Gasteiger partial charge in [-0.1, -0.05) is 23.7 Å². The lowest BCUT2D eigenvalue weighted by Crippen LogP contribution is -2.12. The van der Waals surface area contributed by atoms with E-state index in [0.717, 1.165) is 16.1 Å². The number of nitrogens with one attached hydrogen (secondary N) is 1. The number of hydrogen-bond acceptors (Lipinski definition) is 2. The quantitative estimate of drug-likeness (QED) is 0.656. The smallest absolute Gasteiger partial charge is 0.138 e. The third-order valence-corrected chi connectivity index (χ3v) is 3.41. The molecule has 3 N–H and O–H groups in total. The lowest BCUT2D eigenvalue weighted by atomic mass is 10.1. The van der Waals surface area contributed by atoms with Crippen LogP contribution in [0.5, 0.6) is 11.5 Å². The number of para-hydroxylation sites is 1. The van der Waals surface area contributed by atoms with Crippen molar-refractivity contribution >= 4 is 17.4 Å². The van der Waals surface area contributed by atoms with Crippen LogP contribution in [0.3, 0.4) is 0 Å². The van der Waals surface area contributed by atoms with E-state index in [-0.39, 0.29) is 5.84 Å². The van der Waals surface area contributed by atoms with Crippen LogP contribution in [-0.2, 0) is 0 Å². The molecule has 0 saturated carbocycles. The lowest BCUT2D eigenvalue weighted by Gasteiger charge is -2.12. The second-order valence-corrected chi connectivity index (χ2v) is 4.76. The maximum Gasteiger partial charge on any atom is 0.138 e. The van der Waals surface area contributed by atoms with Crippen LogP contribution in [-0.4, -0.2) is 5.84 Å². The van der Waals surface area contributed by atoms with Gasteiger partial charge in [0.1, 0.15) is 17.3 Å². The Hall–Kier alpha value is -2.00. The molecule has 19 heavy (non-hydrogen) atoms. The third-order valence-electron chi connectivity index (χ3n) is 2.81. The van der Waals surface area contributed by atoms with Gasteiger partial charge in [0.05, 0.1) is 5.56 Å². The van der Waals surface area contributed by atoms with E-state index in [2.05, 4.69) is 0 Å². The minimum absolute atomic E-state index is 0.0157. The Morgan fingerprint density at radius 2 is 1.74 bits per heavy atom. The number of nitrogen functional groups attached to an aromatic ring is 1. The fourth-order valence-electron chi connectivity index (χ4n) is 1.87. The Labute approximate surface area is 117 Å². The minimum atomic E-state index is -0.0157. The van der Waals surface area contributed by atoms with Gasteiger partial charge in [-0.2, -0.15) is 0 Å². The van der Waals surface area contributed by atoms with Crippen LogP contribution >= 0.6 is 11.6 Å². The average molecular weight is 275 g/mol. The molecule has 0 aliphatic heterocycles. The standard InChI is InChI=1S/C15H15ClN2O/c1-9-7-11(8-10(2)14(9)16)19-13-6-4-3-5-12(13)15(17)18/h3-8H,1-2H3,(H3,17,18). The van der Waals surface area contributed by atoms with Gasteiger partial charge in [0.15, 0.2) is 0 Å². The Bertz CT molecular complexity index is 615. The van der Waals surface area contributed by atoms with E-state index < -0.39 is 0 Å². The first kappa shape index (κ1) is 13.4. The summed E-state index contributed by atoms with van der Waals surface area (Å²) < 4.78 is 5.81. The monoisotopic (exact) mass is 274 g/mol. The van der Waals surface area contributed by atoms with Gasteiger partial charge in [-0.05, 0) is 49.2 Å². The number of rotatable bonds is 3. The Morgan fingerprint density at radius 1 is 1.16 bits per heavy atom. The average Bonchev–Trinajstić information content (AvgIpc) is 2.36. The SMILES string of the molecule is Cc1cc(Oc2ccccc2C(=N)N)cc(C)c1Cl. The summed E-state index contributed by atoms with van der Waals surface area (Å²) in [6.07, 6.45) is 0. The summed E-state index contributed by atoms with van der Waals surface area (Å²) in [6, 6.07) is 10.9. The predicted octanol–water partition coefficient (Wildman–Crippen LogP) is 4.03. The molecule has 0 radical (unpaired) electrons. The molecule has 0 aliphatic carbocycles. The molecule has 0 aromatic heterocycles. The zero-order chi connectivity index (χ0) is 14.0. The molecular weight excluding hydrogens is 260 g/mol. The number of aryl methyl sites for hydroxylation is 2.